The number of unbranched alkanes of at least 4 members (excludes halogenated alkanes) is 1. The highest BCUT2D eigenvalue weighted by Gasteiger charge is 2.23. The van der Waals surface area contributed by atoms with Crippen molar-refractivity contribution in [2.45, 2.75) is 38.6 Å². The number of hydrogen-bond donors (Lipinski definition) is 1. The molecule has 0 saturated carbocycles. The Balaban J connectivity index is 1.71. The van der Waals surface area contributed by atoms with Gasteiger partial charge in [-0.3, -0.25) is 4.79 Å². The van der Waals surface area contributed by atoms with E-state index >= 15 is 0 Å². The molecule has 1 unspecified atom stereocenters. The van der Waals surface area contributed by atoms with E-state index in [1.807, 2.05) is 0 Å². The molecular formula is C20H22N4O2. The maximum Gasteiger partial charge on any atom is 0.287 e. The molecule has 1 N–H and O–H groups in total. The molecule has 1 aromatic carbocycles. The van der Waals surface area contributed by atoms with Crippen molar-refractivity contribution in [1.82, 2.24) is 14.7 Å². The summed E-state index contributed by atoms with van der Waals surface area (Å²) >= 11 is 0. The third-order valence-corrected chi connectivity index (χ3v) is 4.82. The topological polar surface area (TPSA) is 69.0 Å². The van der Waals surface area contributed by atoms with Crippen LogP contribution in [0.5, 0.6) is 0 Å². The van der Waals surface area contributed by atoms with Gasteiger partial charge in [-0.2, -0.15) is 0 Å². The third-order valence-electron chi connectivity index (χ3n) is 4.82. The van der Waals surface area contributed by atoms with E-state index in [1.54, 1.807) is 12.3 Å². The first kappa shape index (κ1) is 16.6. The van der Waals surface area contributed by atoms with Crippen molar-refractivity contribution in [1.29, 1.82) is 0 Å². The Labute approximate surface area is 151 Å². The summed E-state index contributed by atoms with van der Waals surface area (Å²) < 4.78 is 1.28. The Bertz CT molecular complexity index is 983. The van der Waals surface area contributed by atoms with E-state index in [1.165, 1.54) is 22.2 Å². The first-order valence-electron chi connectivity index (χ1n) is 9.11. The second kappa shape index (κ2) is 7.15. The Morgan fingerprint density at radius 3 is 3.12 bits per heavy atom. The zero-order chi connectivity index (χ0) is 17.9. The standard InChI is InChI=1S/C20H22N4O2/c1-2-3-10-26-24-19(25)11-18(16-12-21-13-22-20(16)24)23-17-9-8-14-6-4-5-7-15(14)17/h4-7,11-13,17,23H,2-3,8-10H2,1H3. The number of nitrogens with one attached hydrogen (secondary N) is 1. The normalized spacial score (nSPS) is 15.8. The summed E-state index contributed by atoms with van der Waals surface area (Å²) in [5.74, 6) is 0. The van der Waals surface area contributed by atoms with Gasteiger partial charge in [0.2, 0.25) is 0 Å². The fourth-order valence-electron chi connectivity index (χ4n) is 3.48. The highest BCUT2D eigenvalue weighted by Crippen LogP contribution is 2.34. The van der Waals surface area contributed by atoms with Gasteiger partial charge in [-0.25, -0.2) is 9.97 Å². The molecule has 0 radical (unpaired) electrons. The van der Waals surface area contributed by atoms with Crippen LogP contribution in [0, 0.1) is 0 Å². The fraction of sp³-hybridized carbons (Fsp3) is 0.350. The molecule has 2 heterocycles. The number of rotatable bonds is 6. The molecule has 6 nitrogen and oxygen atoms in total. The molecule has 0 spiro atoms. The summed E-state index contributed by atoms with van der Waals surface area (Å²) in [5, 5.41) is 4.31. The van der Waals surface area contributed by atoms with E-state index in [2.05, 4.69) is 46.5 Å². The molecular weight excluding hydrogens is 328 g/mol. The second-order valence-electron chi connectivity index (χ2n) is 6.57. The lowest BCUT2D eigenvalue weighted by molar-refractivity contribution is 0.108. The number of pyridine rings is 1. The predicted molar refractivity (Wildman–Crippen MR) is 101 cm³/mol. The zero-order valence-corrected chi connectivity index (χ0v) is 14.8. The minimum atomic E-state index is -0.221. The van der Waals surface area contributed by atoms with Crippen LogP contribution in [0.3, 0.4) is 0 Å². The zero-order valence-electron chi connectivity index (χ0n) is 14.8. The van der Waals surface area contributed by atoms with E-state index in [4.69, 9.17) is 4.84 Å². The molecule has 4 rings (SSSR count). The predicted octanol–water partition coefficient (Wildman–Crippen LogP) is 3.12. The molecule has 134 valence electrons. The quantitative estimate of drug-likeness (QED) is 0.692. The molecule has 1 aliphatic carbocycles. The molecule has 2 aromatic heterocycles. The van der Waals surface area contributed by atoms with Crippen LogP contribution >= 0.6 is 0 Å². The number of fused-ring (bicyclic) bond motifs is 2. The van der Waals surface area contributed by atoms with Crippen molar-refractivity contribution in [3.05, 3.63) is 64.3 Å². The van der Waals surface area contributed by atoms with Gasteiger partial charge < -0.3 is 10.2 Å². The van der Waals surface area contributed by atoms with E-state index in [9.17, 15) is 4.79 Å². The van der Waals surface area contributed by atoms with E-state index < -0.39 is 0 Å². The first-order valence-corrected chi connectivity index (χ1v) is 9.11. The first-order chi connectivity index (χ1) is 12.8. The van der Waals surface area contributed by atoms with E-state index in [0.29, 0.717) is 12.3 Å². The number of hydrogen-bond acceptors (Lipinski definition) is 5. The summed E-state index contributed by atoms with van der Waals surface area (Å²) in [7, 11) is 0. The van der Waals surface area contributed by atoms with E-state index in [0.717, 1.165) is 36.8 Å². The highest BCUT2D eigenvalue weighted by molar-refractivity contribution is 5.88. The SMILES string of the molecule is CCCCOn1c(=O)cc(NC2CCc3ccccc32)c2cncnc21. The third kappa shape index (κ3) is 3.03. The van der Waals surface area contributed by atoms with Crippen molar-refractivity contribution in [2.24, 2.45) is 0 Å². The Kier molecular flexibility index (Phi) is 4.56. The summed E-state index contributed by atoms with van der Waals surface area (Å²) in [4.78, 5) is 26.7. The van der Waals surface area contributed by atoms with Gasteiger partial charge in [0.15, 0.2) is 5.65 Å². The maximum atomic E-state index is 12.6. The molecule has 3 aromatic rings. The Hall–Kier alpha value is -2.89. The minimum absolute atomic E-state index is 0.186. The number of anilines is 1. The summed E-state index contributed by atoms with van der Waals surface area (Å²) in [6.07, 6.45) is 7.10. The van der Waals surface area contributed by atoms with Crippen LogP contribution < -0.4 is 15.7 Å². The highest BCUT2D eigenvalue weighted by atomic mass is 16.7. The number of aromatic nitrogens is 3. The molecule has 26 heavy (non-hydrogen) atoms. The molecule has 6 heteroatoms. The van der Waals surface area contributed by atoms with Crippen molar-refractivity contribution in [3.8, 4) is 0 Å². The van der Waals surface area contributed by atoms with Gasteiger partial charge in [-0.1, -0.05) is 37.6 Å². The number of benzene rings is 1. The van der Waals surface area contributed by atoms with Crippen LogP contribution in [0.15, 0.2) is 47.7 Å². The van der Waals surface area contributed by atoms with Crippen LogP contribution in [-0.4, -0.2) is 21.3 Å². The Morgan fingerprint density at radius 2 is 2.23 bits per heavy atom. The largest absolute Gasteiger partial charge is 0.409 e. The number of aryl methyl sites for hydroxylation is 1. The van der Waals surface area contributed by atoms with Crippen LogP contribution in [0.4, 0.5) is 5.69 Å². The fourth-order valence-corrected chi connectivity index (χ4v) is 3.48. The molecule has 0 amide bonds. The summed E-state index contributed by atoms with van der Waals surface area (Å²) in [6, 6.07) is 10.2. The van der Waals surface area contributed by atoms with Crippen LogP contribution in [-0.2, 0) is 6.42 Å². The van der Waals surface area contributed by atoms with Crippen LogP contribution in [0.25, 0.3) is 11.0 Å². The molecule has 1 atom stereocenters. The molecule has 0 aliphatic heterocycles. The van der Waals surface area contributed by atoms with Crippen molar-refractivity contribution >= 4 is 16.7 Å². The van der Waals surface area contributed by atoms with Crippen LogP contribution in [0.2, 0.25) is 0 Å². The number of nitrogens with zero attached hydrogens (tertiary/aromatic N) is 3. The summed E-state index contributed by atoms with van der Waals surface area (Å²) in [6.45, 7) is 2.57. The lowest BCUT2D eigenvalue weighted by Crippen LogP contribution is -2.28. The molecule has 0 fully saturated rings. The lowest BCUT2D eigenvalue weighted by Gasteiger charge is -2.18. The van der Waals surface area contributed by atoms with Crippen molar-refractivity contribution < 1.29 is 4.84 Å². The Morgan fingerprint density at radius 1 is 1.35 bits per heavy atom. The maximum absolute atomic E-state index is 12.6. The monoisotopic (exact) mass is 350 g/mol. The average Bonchev–Trinajstić information content (AvgIpc) is 3.07. The van der Waals surface area contributed by atoms with Crippen LogP contribution in [0.1, 0.15) is 43.4 Å². The molecule has 0 saturated heterocycles. The molecule has 1 aliphatic rings. The molecule has 0 bridgehead atoms. The van der Waals surface area contributed by atoms with Gasteiger partial charge >= 0.3 is 0 Å². The average molecular weight is 350 g/mol. The van der Waals surface area contributed by atoms with Gasteiger partial charge in [0.1, 0.15) is 12.9 Å². The van der Waals surface area contributed by atoms with Crippen molar-refractivity contribution in [3.63, 3.8) is 0 Å². The smallest absolute Gasteiger partial charge is 0.287 e. The van der Waals surface area contributed by atoms with Crippen molar-refractivity contribution in [2.75, 3.05) is 11.9 Å². The van der Waals surface area contributed by atoms with Gasteiger partial charge in [0.25, 0.3) is 5.56 Å². The van der Waals surface area contributed by atoms with Gasteiger partial charge in [-0.15, -0.1) is 4.73 Å². The lowest BCUT2D eigenvalue weighted by atomic mass is 10.1. The van der Waals surface area contributed by atoms with Gasteiger partial charge in [0, 0.05) is 12.3 Å². The van der Waals surface area contributed by atoms with Gasteiger partial charge in [0.05, 0.1) is 17.1 Å². The second-order valence-corrected chi connectivity index (χ2v) is 6.57. The minimum Gasteiger partial charge on any atom is -0.409 e. The van der Waals surface area contributed by atoms with Gasteiger partial charge in [-0.05, 0) is 30.4 Å². The summed E-state index contributed by atoms with van der Waals surface area (Å²) in [5.41, 5.74) is 3.68. The van der Waals surface area contributed by atoms with E-state index in [-0.39, 0.29) is 11.6 Å².